The summed E-state index contributed by atoms with van der Waals surface area (Å²) in [5.74, 6) is 3.59. The highest BCUT2D eigenvalue weighted by Crippen LogP contribution is 2.48. The van der Waals surface area contributed by atoms with Crippen molar-refractivity contribution in [2.45, 2.75) is 18.3 Å². The number of carboxylic acid groups (broad SMARTS) is 1. The Hall–Kier alpha value is -2.28. The molecule has 18 heavy (non-hydrogen) atoms. The molecule has 0 aliphatic heterocycles. The fourth-order valence-corrected chi connectivity index (χ4v) is 1.80. The Labute approximate surface area is 105 Å². The van der Waals surface area contributed by atoms with Gasteiger partial charge in [-0.3, -0.25) is 4.79 Å². The molecule has 1 aliphatic rings. The summed E-state index contributed by atoms with van der Waals surface area (Å²) in [4.78, 5) is 22.0. The third-order valence-electron chi connectivity index (χ3n) is 3.09. The Balaban J connectivity index is 2.18. The molecule has 1 aromatic carbocycles. The molecule has 0 bridgehead atoms. The van der Waals surface area contributed by atoms with Crippen LogP contribution in [0.1, 0.15) is 24.0 Å². The second-order valence-electron chi connectivity index (χ2n) is 4.21. The third kappa shape index (κ3) is 2.21. The highest BCUT2D eigenvalue weighted by atomic mass is 16.5. The van der Waals surface area contributed by atoms with Crippen LogP contribution in [0.4, 0.5) is 0 Å². The topological polar surface area (TPSA) is 63.6 Å². The van der Waals surface area contributed by atoms with Crippen molar-refractivity contribution in [3.8, 4) is 11.8 Å². The number of carbonyl (C=O) groups is 2. The zero-order valence-electron chi connectivity index (χ0n) is 9.90. The van der Waals surface area contributed by atoms with Gasteiger partial charge in [-0.05, 0) is 30.5 Å². The summed E-state index contributed by atoms with van der Waals surface area (Å²) in [5, 5.41) is 9.15. The number of methoxy groups -OCH3 is 1. The number of hydrogen-bond acceptors (Lipinski definition) is 3. The summed E-state index contributed by atoms with van der Waals surface area (Å²) in [5.41, 5.74) is 0.748. The minimum atomic E-state index is -0.782. The summed E-state index contributed by atoms with van der Waals surface area (Å²) < 4.78 is 4.40. The normalized spacial score (nSPS) is 15.2. The van der Waals surface area contributed by atoms with Gasteiger partial charge in [-0.1, -0.05) is 18.1 Å². The fourth-order valence-electron chi connectivity index (χ4n) is 1.80. The van der Waals surface area contributed by atoms with Crippen molar-refractivity contribution in [2.24, 2.45) is 0 Å². The van der Waals surface area contributed by atoms with Crippen molar-refractivity contribution >= 4 is 11.9 Å². The second-order valence-corrected chi connectivity index (χ2v) is 4.21. The summed E-state index contributed by atoms with van der Waals surface area (Å²) in [7, 11) is 1.27. The molecule has 0 heterocycles. The summed E-state index contributed by atoms with van der Waals surface area (Å²) in [6.07, 6.45) is 1.35. The molecular weight excluding hydrogens is 232 g/mol. The zero-order chi connectivity index (χ0) is 13.2. The predicted molar refractivity (Wildman–Crippen MR) is 63.9 cm³/mol. The average molecular weight is 244 g/mol. The highest BCUT2D eigenvalue weighted by molar-refractivity contribution is 5.89. The molecule has 0 aromatic heterocycles. The van der Waals surface area contributed by atoms with Gasteiger partial charge in [-0.15, -0.1) is 0 Å². The maximum absolute atomic E-state index is 11.1. The van der Waals surface area contributed by atoms with Crippen molar-refractivity contribution in [3.05, 3.63) is 35.4 Å². The van der Waals surface area contributed by atoms with Gasteiger partial charge in [0, 0.05) is 11.5 Å². The van der Waals surface area contributed by atoms with E-state index in [1.165, 1.54) is 7.11 Å². The Kier molecular flexibility index (Phi) is 3.07. The van der Waals surface area contributed by atoms with Gasteiger partial charge in [-0.2, -0.15) is 0 Å². The van der Waals surface area contributed by atoms with E-state index in [4.69, 9.17) is 5.11 Å². The molecule has 0 unspecified atom stereocenters. The molecule has 1 aromatic rings. The van der Waals surface area contributed by atoms with E-state index in [0.29, 0.717) is 18.4 Å². The molecule has 1 N–H and O–H groups in total. The molecule has 1 saturated carbocycles. The first-order chi connectivity index (χ1) is 8.58. The standard InChI is InChI=1S/C14H12O4/c1-18-12(15)7-4-10-2-5-11(6-3-10)14(8-9-14)13(16)17/h2-3,5-6H,8-9H2,1H3,(H,16,17). The van der Waals surface area contributed by atoms with Gasteiger partial charge >= 0.3 is 11.9 Å². The monoisotopic (exact) mass is 244 g/mol. The van der Waals surface area contributed by atoms with Gasteiger partial charge in [-0.25, -0.2) is 4.79 Å². The van der Waals surface area contributed by atoms with Crippen LogP contribution in [0.3, 0.4) is 0 Å². The van der Waals surface area contributed by atoms with E-state index in [2.05, 4.69) is 16.6 Å². The van der Waals surface area contributed by atoms with Gasteiger partial charge in [0.2, 0.25) is 0 Å². The van der Waals surface area contributed by atoms with E-state index in [1.54, 1.807) is 24.3 Å². The molecule has 0 spiro atoms. The van der Waals surface area contributed by atoms with E-state index in [9.17, 15) is 9.59 Å². The molecule has 0 amide bonds. The fraction of sp³-hybridized carbons (Fsp3) is 0.286. The van der Waals surface area contributed by atoms with E-state index >= 15 is 0 Å². The minimum Gasteiger partial charge on any atom is -0.481 e. The summed E-state index contributed by atoms with van der Waals surface area (Å²) >= 11 is 0. The average Bonchev–Trinajstić information content (AvgIpc) is 3.18. The van der Waals surface area contributed by atoms with Crippen molar-refractivity contribution in [1.29, 1.82) is 0 Å². The maximum atomic E-state index is 11.1. The zero-order valence-corrected chi connectivity index (χ0v) is 9.90. The lowest BCUT2D eigenvalue weighted by molar-refractivity contribution is -0.140. The Morgan fingerprint density at radius 3 is 2.33 bits per heavy atom. The number of carbonyl (C=O) groups excluding carboxylic acids is 1. The van der Waals surface area contributed by atoms with E-state index in [1.807, 2.05) is 0 Å². The molecule has 4 heteroatoms. The summed E-state index contributed by atoms with van der Waals surface area (Å²) in [6, 6.07) is 6.94. The lowest BCUT2D eigenvalue weighted by atomic mass is 9.95. The second kappa shape index (κ2) is 4.53. The number of ether oxygens (including phenoxy) is 1. The quantitative estimate of drug-likeness (QED) is 0.629. The highest BCUT2D eigenvalue weighted by Gasteiger charge is 2.51. The van der Waals surface area contributed by atoms with E-state index in [0.717, 1.165) is 5.56 Å². The Morgan fingerprint density at radius 1 is 1.28 bits per heavy atom. The number of esters is 1. The number of carboxylic acids is 1. The lowest BCUT2D eigenvalue weighted by Gasteiger charge is -2.09. The van der Waals surface area contributed by atoms with Crippen LogP contribution in [0.5, 0.6) is 0 Å². The first-order valence-electron chi connectivity index (χ1n) is 5.52. The van der Waals surface area contributed by atoms with Crippen molar-refractivity contribution in [3.63, 3.8) is 0 Å². The molecule has 1 fully saturated rings. The first-order valence-corrected chi connectivity index (χ1v) is 5.52. The van der Waals surface area contributed by atoms with E-state index < -0.39 is 17.4 Å². The largest absolute Gasteiger partial charge is 0.481 e. The molecule has 92 valence electrons. The van der Waals surface area contributed by atoms with Gasteiger partial charge in [0.15, 0.2) is 0 Å². The van der Waals surface area contributed by atoms with Crippen LogP contribution in [-0.2, 0) is 19.7 Å². The van der Waals surface area contributed by atoms with Crippen molar-refractivity contribution < 1.29 is 19.4 Å². The predicted octanol–water partition coefficient (Wildman–Crippen LogP) is 1.33. The van der Waals surface area contributed by atoms with Gasteiger partial charge in [0.05, 0.1) is 12.5 Å². The van der Waals surface area contributed by atoms with Crippen LogP contribution < -0.4 is 0 Å². The smallest absolute Gasteiger partial charge is 0.384 e. The van der Waals surface area contributed by atoms with Gasteiger partial charge in [0.25, 0.3) is 0 Å². The molecule has 0 radical (unpaired) electrons. The number of rotatable bonds is 2. The molecule has 1 aliphatic carbocycles. The van der Waals surface area contributed by atoms with Crippen LogP contribution in [0, 0.1) is 11.8 Å². The van der Waals surface area contributed by atoms with Crippen molar-refractivity contribution in [2.75, 3.05) is 7.11 Å². The molecule has 2 rings (SSSR count). The number of aliphatic carboxylic acids is 1. The van der Waals surface area contributed by atoms with Crippen LogP contribution in [0.2, 0.25) is 0 Å². The van der Waals surface area contributed by atoms with Gasteiger partial charge < -0.3 is 9.84 Å². The maximum Gasteiger partial charge on any atom is 0.384 e. The van der Waals surface area contributed by atoms with Crippen LogP contribution in [-0.4, -0.2) is 24.2 Å². The minimum absolute atomic E-state index is 0.594. The van der Waals surface area contributed by atoms with E-state index in [-0.39, 0.29) is 0 Å². The van der Waals surface area contributed by atoms with Crippen LogP contribution in [0.25, 0.3) is 0 Å². The Bertz CT molecular complexity index is 541. The summed E-state index contributed by atoms with van der Waals surface area (Å²) in [6.45, 7) is 0. The molecular formula is C14H12O4. The SMILES string of the molecule is COC(=O)C#Cc1ccc(C2(C(=O)O)CC2)cc1. The molecule has 4 nitrogen and oxygen atoms in total. The first kappa shape index (κ1) is 12.2. The molecule has 0 saturated heterocycles. The molecule has 0 atom stereocenters. The number of benzene rings is 1. The van der Waals surface area contributed by atoms with Crippen molar-refractivity contribution in [1.82, 2.24) is 0 Å². The van der Waals surface area contributed by atoms with Gasteiger partial charge in [0.1, 0.15) is 0 Å². The number of hydrogen-bond donors (Lipinski definition) is 1. The lowest BCUT2D eigenvalue weighted by Crippen LogP contribution is -2.19. The van der Waals surface area contributed by atoms with Crippen LogP contribution in [0.15, 0.2) is 24.3 Å². The third-order valence-corrected chi connectivity index (χ3v) is 3.09. The van der Waals surface area contributed by atoms with Crippen LogP contribution >= 0.6 is 0 Å². The Morgan fingerprint density at radius 2 is 1.89 bits per heavy atom.